The average Bonchev–Trinajstić information content (AvgIpc) is 2.92. The highest BCUT2D eigenvalue weighted by Gasteiger charge is 2.42. The Morgan fingerprint density at radius 3 is 2.96 bits per heavy atom. The van der Waals surface area contributed by atoms with Gasteiger partial charge in [-0.25, -0.2) is 9.78 Å². The number of ether oxygens (including phenoxy) is 1. The van der Waals surface area contributed by atoms with E-state index in [4.69, 9.17) is 4.74 Å². The highest BCUT2D eigenvalue weighted by molar-refractivity contribution is 7.09. The van der Waals surface area contributed by atoms with Crippen molar-refractivity contribution >= 4 is 23.2 Å². The van der Waals surface area contributed by atoms with E-state index in [1.165, 1.54) is 0 Å². The first-order valence-electron chi connectivity index (χ1n) is 7.48. The summed E-state index contributed by atoms with van der Waals surface area (Å²) in [7, 11) is 0. The number of nitrogens with zero attached hydrogens (tertiary/aromatic N) is 1. The number of fused-ring (bicyclic) bond motifs is 1. The number of carbonyl (C=O) groups is 2. The normalized spacial score (nSPS) is 19.8. The summed E-state index contributed by atoms with van der Waals surface area (Å²) in [5.41, 5.74) is 1.18. The third kappa shape index (κ3) is 3.27. The lowest BCUT2D eigenvalue weighted by molar-refractivity contribution is -0.139. The molecule has 0 bridgehead atoms. The summed E-state index contributed by atoms with van der Waals surface area (Å²) < 4.78 is 5.40. The lowest BCUT2D eigenvalue weighted by Crippen LogP contribution is -2.52. The van der Waals surface area contributed by atoms with Crippen LogP contribution in [0.4, 0.5) is 0 Å². The van der Waals surface area contributed by atoms with Crippen LogP contribution in [0.1, 0.15) is 33.5 Å². The first-order chi connectivity index (χ1) is 11.0. The van der Waals surface area contributed by atoms with Crippen LogP contribution in [0.5, 0.6) is 0 Å². The predicted octanol–water partition coefficient (Wildman–Crippen LogP) is 2.28. The van der Waals surface area contributed by atoms with E-state index >= 15 is 0 Å². The number of aryl methyl sites for hydroxylation is 1. The number of rotatable bonds is 4. The monoisotopic (exact) mass is 330 g/mol. The van der Waals surface area contributed by atoms with Crippen LogP contribution in [-0.4, -0.2) is 29.0 Å². The van der Waals surface area contributed by atoms with Gasteiger partial charge in [-0.15, -0.1) is 11.3 Å². The zero-order valence-electron chi connectivity index (χ0n) is 13.1. The van der Waals surface area contributed by atoms with Gasteiger partial charge in [-0.05, 0) is 25.5 Å². The second kappa shape index (κ2) is 6.12. The summed E-state index contributed by atoms with van der Waals surface area (Å²) in [5.74, 6) is -0.716. The predicted molar refractivity (Wildman–Crippen MR) is 87.5 cm³/mol. The van der Waals surface area contributed by atoms with Crippen LogP contribution in [0.15, 0.2) is 29.6 Å². The van der Waals surface area contributed by atoms with Crippen LogP contribution in [0, 0.1) is 6.92 Å². The third-order valence-corrected chi connectivity index (χ3v) is 4.72. The second-order valence-electron chi connectivity index (χ2n) is 5.82. The van der Waals surface area contributed by atoms with E-state index in [0.29, 0.717) is 24.9 Å². The molecule has 1 atom stereocenters. The lowest BCUT2D eigenvalue weighted by Gasteiger charge is -2.33. The molecule has 0 saturated heterocycles. The molecule has 0 spiro atoms. The molecule has 1 N–H and O–H groups in total. The van der Waals surface area contributed by atoms with Gasteiger partial charge >= 0.3 is 5.97 Å². The molecular weight excluding hydrogens is 312 g/mol. The number of carbonyl (C=O) groups excluding carboxylic acids is 2. The van der Waals surface area contributed by atoms with E-state index < -0.39 is 11.6 Å². The van der Waals surface area contributed by atoms with Gasteiger partial charge in [-0.2, -0.15) is 0 Å². The van der Waals surface area contributed by atoms with Gasteiger partial charge < -0.3 is 10.1 Å². The fourth-order valence-corrected chi connectivity index (χ4v) is 3.32. The van der Waals surface area contributed by atoms with Crippen LogP contribution in [0.25, 0.3) is 0 Å². The maximum Gasteiger partial charge on any atom is 0.339 e. The zero-order valence-corrected chi connectivity index (χ0v) is 13.9. The van der Waals surface area contributed by atoms with Gasteiger partial charge in [0.15, 0.2) is 5.60 Å². The minimum absolute atomic E-state index is 0.271. The van der Waals surface area contributed by atoms with Crippen molar-refractivity contribution < 1.29 is 14.3 Å². The van der Waals surface area contributed by atoms with E-state index in [0.717, 1.165) is 16.3 Å². The number of cyclic esters (lactones) is 1. The third-order valence-electron chi connectivity index (χ3n) is 3.90. The molecule has 0 radical (unpaired) electrons. The van der Waals surface area contributed by atoms with Gasteiger partial charge in [0.25, 0.3) is 5.91 Å². The van der Waals surface area contributed by atoms with Gasteiger partial charge in [0.1, 0.15) is 0 Å². The number of nitrogens with one attached hydrogen (secondary N) is 1. The number of benzene rings is 1. The summed E-state index contributed by atoms with van der Waals surface area (Å²) >= 11 is 1.59. The van der Waals surface area contributed by atoms with E-state index in [-0.39, 0.29) is 5.91 Å². The summed E-state index contributed by atoms with van der Waals surface area (Å²) in [5, 5.41) is 5.85. The molecule has 6 heteroatoms. The average molecular weight is 330 g/mol. The van der Waals surface area contributed by atoms with Crippen molar-refractivity contribution in [2.75, 3.05) is 6.54 Å². The van der Waals surface area contributed by atoms with Crippen molar-refractivity contribution in [3.8, 4) is 0 Å². The van der Waals surface area contributed by atoms with Crippen molar-refractivity contribution in [2.24, 2.45) is 0 Å². The Bertz CT molecular complexity index is 756. The van der Waals surface area contributed by atoms with Gasteiger partial charge in [0.05, 0.1) is 16.3 Å². The Hall–Kier alpha value is -2.21. The van der Waals surface area contributed by atoms with E-state index in [9.17, 15) is 9.59 Å². The standard InChI is InChI=1S/C17H18N2O3S/c1-11-19-13(10-23-11)7-8-18-16(21)17(2)9-12-5-3-4-6-14(12)15(20)22-17/h3-6,10H,7-9H2,1-2H3,(H,18,21). The highest BCUT2D eigenvalue weighted by atomic mass is 32.1. The van der Waals surface area contributed by atoms with Crippen molar-refractivity contribution in [3.05, 3.63) is 51.5 Å². The molecular formula is C17H18N2O3S. The summed E-state index contributed by atoms with van der Waals surface area (Å²) in [6, 6.07) is 7.23. The molecule has 1 aliphatic rings. The Morgan fingerprint density at radius 2 is 2.22 bits per heavy atom. The lowest BCUT2D eigenvalue weighted by atomic mass is 9.89. The van der Waals surface area contributed by atoms with Crippen LogP contribution in [0.2, 0.25) is 0 Å². The molecule has 2 aromatic rings. The molecule has 5 nitrogen and oxygen atoms in total. The molecule has 1 amide bonds. The molecule has 0 saturated carbocycles. The highest BCUT2D eigenvalue weighted by Crippen LogP contribution is 2.28. The Kier molecular flexibility index (Phi) is 4.17. The minimum atomic E-state index is -1.16. The van der Waals surface area contributed by atoms with Crippen LogP contribution < -0.4 is 5.32 Å². The van der Waals surface area contributed by atoms with Gasteiger partial charge in [-0.1, -0.05) is 18.2 Å². The Labute approximate surface area is 138 Å². The Morgan fingerprint density at radius 1 is 1.43 bits per heavy atom. The first-order valence-corrected chi connectivity index (χ1v) is 8.36. The Balaban J connectivity index is 1.64. The molecule has 1 aromatic carbocycles. The molecule has 23 heavy (non-hydrogen) atoms. The maximum absolute atomic E-state index is 12.5. The number of esters is 1. The molecule has 1 unspecified atom stereocenters. The summed E-state index contributed by atoms with van der Waals surface area (Å²) in [4.78, 5) is 28.9. The fourth-order valence-electron chi connectivity index (χ4n) is 2.67. The molecule has 1 aromatic heterocycles. The van der Waals surface area contributed by atoms with Gasteiger partial charge in [0, 0.05) is 24.8 Å². The number of amides is 1. The van der Waals surface area contributed by atoms with Crippen molar-refractivity contribution in [3.63, 3.8) is 0 Å². The number of hydrogen-bond acceptors (Lipinski definition) is 5. The molecule has 120 valence electrons. The molecule has 0 fully saturated rings. The molecule has 3 rings (SSSR count). The number of aromatic nitrogens is 1. The van der Waals surface area contributed by atoms with E-state index in [2.05, 4.69) is 10.3 Å². The number of hydrogen-bond donors (Lipinski definition) is 1. The minimum Gasteiger partial charge on any atom is -0.445 e. The molecule has 2 heterocycles. The summed E-state index contributed by atoms with van der Waals surface area (Å²) in [6.45, 7) is 4.08. The topological polar surface area (TPSA) is 68.3 Å². The van der Waals surface area contributed by atoms with Crippen LogP contribution in [-0.2, 0) is 22.4 Å². The quantitative estimate of drug-likeness (QED) is 0.873. The molecule has 0 aliphatic carbocycles. The number of thiazole rings is 1. The van der Waals surface area contributed by atoms with Gasteiger partial charge in [0.2, 0.25) is 0 Å². The summed E-state index contributed by atoms with van der Waals surface area (Å²) in [6.07, 6.45) is 1.05. The smallest absolute Gasteiger partial charge is 0.339 e. The fraction of sp³-hybridized carbons (Fsp3) is 0.353. The second-order valence-corrected chi connectivity index (χ2v) is 6.88. The van der Waals surface area contributed by atoms with Crippen molar-refractivity contribution in [1.29, 1.82) is 0 Å². The molecule has 1 aliphatic heterocycles. The van der Waals surface area contributed by atoms with E-state index in [1.807, 2.05) is 24.4 Å². The zero-order chi connectivity index (χ0) is 16.4. The largest absolute Gasteiger partial charge is 0.445 e. The van der Waals surface area contributed by atoms with Gasteiger partial charge in [-0.3, -0.25) is 4.79 Å². The van der Waals surface area contributed by atoms with Crippen molar-refractivity contribution in [2.45, 2.75) is 32.3 Å². The maximum atomic E-state index is 12.5. The van der Waals surface area contributed by atoms with Crippen LogP contribution in [0.3, 0.4) is 0 Å². The van der Waals surface area contributed by atoms with Crippen molar-refractivity contribution in [1.82, 2.24) is 10.3 Å². The SMILES string of the molecule is Cc1nc(CCNC(=O)C2(C)Cc3ccccc3C(=O)O2)cs1. The van der Waals surface area contributed by atoms with E-state index in [1.54, 1.807) is 30.4 Å². The first kappa shape index (κ1) is 15.7. The van der Waals surface area contributed by atoms with Crippen LogP contribution >= 0.6 is 11.3 Å².